The fourth-order valence-electron chi connectivity index (χ4n) is 4.73. The van der Waals surface area contributed by atoms with Crippen molar-refractivity contribution in [2.45, 2.75) is 30.8 Å². The third kappa shape index (κ3) is 5.55. The maximum absolute atomic E-state index is 14.2. The number of benzene rings is 1. The van der Waals surface area contributed by atoms with Gasteiger partial charge >= 0.3 is 0 Å². The van der Waals surface area contributed by atoms with Crippen molar-refractivity contribution in [2.75, 3.05) is 33.4 Å². The number of rotatable bonds is 9. The number of nitrogens with zero attached hydrogens (tertiary/aromatic N) is 4. The molecule has 1 saturated carbocycles. The first-order valence-corrected chi connectivity index (χ1v) is 12.4. The van der Waals surface area contributed by atoms with E-state index in [2.05, 4.69) is 30.7 Å². The number of nitrogens with one attached hydrogen (secondary N) is 2. The van der Waals surface area contributed by atoms with Crippen molar-refractivity contribution >= 4 is 11.8 Å². The third-order valence-electron chi connectivity index (χ3n) is 7.01. The van der Waals surface area contributed by atoms with Gasteiger partial charge in [-0.25, -0.2) is 18.7 Å². The number of likely N-dealkylation sites (tertiary alicyclic amines) is 1. The van der Waals surface area contributed by atoms with E-state index < -0.39 is 35.0 Å². The van der Waals surface area contributed by atoms with Crippen LogP contribution in [0, 0.1) is 17.6 Å². The van der Waals surface area contributed by atoms with Gasteiger partial charge in [0, 0.05) is 57.3 Å². The lowest BCUT2D eigenvalue weighted by molar-refractivity contribution is -0.128. The molecule has 3 heterocycles. The zero-order valence-electron chi connectivity index (χ0n) is 20.8. The van der Waals surface area contributed by atoms with Gasteiger partial charge in [-0.2, -0.15) is 0 Å². The minimum absolute atomic E-state index is 0.00476. The molecule has 2 amide bonds. The minimum atomic E-state index is -0.829. The Balaban J connectivity index is 1.31. The van der Waals surface area contributed by atoms with Crippen molar-refractivity contribution in [3.8, 4) is 11.3 Å². The molecule has 1 aromatic carbocycles. The van der Waals surface area contributed by atoms with Crippen molar-refractivity contribution in [1.29, 1.82) is 0 Å². The van der Waals surface area contributed by atoms with Gasteiger partial charge in [-0.15, -0.1) is 0 Å². The standard InChI is InChI=1S/C26H28F2N6O4/c1-37-12-11-34-10-5-20(18(15-34)23(35)32-26(6-7-26)25-29-8-2-9-30-25)31-24(36)21-14-22(38-33-21)17-4-3-16(27)13-19(17)28/h2-4,8-9,13-14,18,20H,5-7,10-12,15H2,1H3,(H,31,36)(H,32,35)/t18-,20-/m0/s1. The fraction of sp³-hybridized carbons (Fsp3) is 0.423. The highest BCUT2D eigenvalue weighted by Gasteiger charge is 2.50. The number of carbonyl (C=O) groups excluding carboxylic acids is 2. The molecule has 200 valence electrons. The first kappa shape index (κ1) is 25.9. The minimum Gasteiger partial charge on any atom is -0.383 e. The molecule has 2 N–H and O–H groups in total. The fourth-order valence-corrected chi connectivity index (χ4v) is 4.73. The Hall–Kier alpha value is -3.77. The molecule has 5 rings (SSSR count). The molecule has 2 fully saturated rings. The predicted octanol–water partition coefficient (Wildman–Crippen LogP) is 2.28. The van der Waals surface area contributed by atoms with Gasteiger partial charge in [-0.1, -0.05) is 5.16 Å². The van der Waals surface area contributed by atoms with Crippen LogP contribution in [0.3, 0.4) is 0 Å². The van der Waals surface area contributed by atoms with Gasteiger partial charge in [0.1, 0.15) is 11.6 Å². The van der Waals surface area contributed by atoms with Gasteiger partial charge in [0.15, 0.2) is 17.3 Å². The van der Waals surface area contributed by atoms with Crippen molar-refractivity contribution in [2.24, 2.45) is 5.92 Å². The second-order valence-electron chi connectivity index (χ2n) is 9.61. The van der Waals surface area contributed by atoms with E-state index in [4.69, 9.17) is 9.26 Å². The molecule has 1 saturated heterocycles. The quantitative estimate of drug-likeness (QED) is 0.436. The molecule has 0 bridgehead atoms. The highest BCUT2D eigenvalue weighted by atomic mass is 19.1. The van der Waals surface area contributed by atoms with Crippen LogP contribution >= 0.6 is 0 Å². The number of halogens is 2. The second-order valence-corrected chi connectivity index (χ2v) is 9.61. The average Bonchev–Trinajstić information content (AvgIpc) is 3.53. The van der Waals surface area contributed by atoms with E-state index in [1.807, 2.05) is 0 Å². The predicted molar refractivity (Wildman–Crippen MR) is 131 cm³/mol. The summed E-state index contributed by atoms with van der Waals surface area (Å²) < 4.78 is 37.8. The second kappa shape index (κ2) is 10.9. The zero-order chi connectivity index (χ0) is 26.7. The molecular formula is C26H28F2N6O4. The van der Waals surface area contributed by atoms with Crippen molar-refractivity contribution in [3.63, 3.8) is 0 Å². The van der Waals surface area contributed by atoms with Gasteiger partial charge in [0.2, 0.25) is 5.91 Å². The zero-order valence-corrected chi connectivity index (χ0v) is 20.8. The van der Waals surface area contributed by atoms with Gasteiger partial charge in [-0.3, -0.25) is 9.59 Å². The lowest BCUT2D eigenvalue weighted by Gasteiger charge is -2.38. The van der Waals surface area contributed by atoms with Crippen molar-refractivity contribution in [3.05, 3.63) is 65.9 Å². The Kier molecular flexibility index (Phi) is 7.43. The largest absolute Gasteiger partial charge is 0.383 e. The van der Waals surface area contributed by atoms with Crippen LogP contribution in [0.2, 0.25) is 0 Å². The Bertz CT molecular complexity index is 1300. The number of amides is 2. The number of carbonyl (C=O) groups is 2. The lowest BCUT2D eigenvalue weighted by Crippen LogP contribution is -2.57. The van der Waals surface area contributed by atoms with Crippen LogP contribution in [0.4, 0.5) is 8.78 Å². The van der Waals surface area contributed by atoms with E-state index in [-0.39, 0.29) is 22.9 Å². The number of ether oxygens (including phenoxy) is 1. The van der Waals surface area contributed by atoms with Crippen LogP contribution < -0.4 is 10.6 Å². The molecule has 1 aliphatic carbocycles. The summed E-state index contributed by atoms with van der Waals surface area (Å²) in [6.07, 6.45) is 5.30. The summed E-state index contributed by atoms with van der Waals surface area (Å²) in [5.41, 5.74) is -0.678. The van der Waals surface area contributed by atoms with Crippen LogP contribution in [0.5, 0.6) is 0 Å². The molecule has 1 aliphatic heterocycles. The van der Waals surface area contributed by atoms with Crippen molar-refractivity contribution in [1.82, 2.24) is 30.7 Å². The first-order chi connectivity index (χ1) is 18.4. The summed E-state index contributed by atoms with van der Waals surface area (Å²) in [4.78, 5) is 37.4. The number of hydrogen-bond donors (Lipinski definition) is 2. The summed E-state index contributed by atoms with van der Waals surface area (Å²) in [5, 5.41) is 9.81. The highest BCUT2D eigenvalue weighted by molar-refractivity contribution is 5.94. The molecule has 3 aromatic rings. The smallest absolute Gasteiger partial charge is 0.273 e. The molecular weight excluding hydrogens is 498 g/mol. The van der Waals surface area contributed by atoms with E-state index in [0.29, 0.717) is 38.5 Å². The maximum atomic E-state index is 14.2. The van der Waals surface area contributed by atoms with Gasteiger partial charge in [0.05, 0.1) is 23.6 Å². The summed E-state index contributed by atoms with van der Waals surface area (Å²) >= 11 is 0. The summed E-state index contributed by atoms with van der Waals surface area (Å²) in [6, 6.07) is 5.57. The summed E-state index contributed by atoms with van der Waals surface area (Å²) in [5.74, 6) is -2.29. The highest BCUT2D eigenvalue weighted by Crippen LogP contribution is 2.44. The van der Waals surface area contributed by atoms with Gasteiger partial charge in [0.25, 0.3) is 5.91 Å². The van der Waals surface area contributed by atoms with Crippen molar-refractivity contribution < 1.29 is 27.6 Å². The van der Waals surface area contributed by atoms with Crippen LogP contribution in [0.1, 0.15) is 35.6 Å². The third-order valence-corrected chi connectivity index (χ3v) is 7.01. The monoisotopic (exact) mass is 526 g/mol. The molecule has 2 atom stereocenters. The molecule has 12 heteroatoms. The SMILES string of the molecule is COCCN1CC[C@H](NC(=O)c2cc(-c3ccc(F)cc3F)on2)[C@@H](C(=O)NC2(c3ncccn3)CC2)C1. The van der Waals surface area contributed by atoms with Crippen LogP contribution in [-0.2, 0) is 15.1 Å². The number of methoxy groups -OCH3 is 1. The van der Waals surface area contributed by atoms with E-state index in [1.165, 1.54) is 12.1 Å². The molecule has 10 nitrogen and oxygen atoms in total. The number of hydrogen-bond acceptors (Lipinski definition) is 8. The van der Waals surface area contributed by atoms with Gasteiger partial charge < -0.3 is 24.8 Å². The molecule has 2 aliphatic rings. The number of aromatic nitrogens is 3. The molecule has 0 unspecified atom stereocenters. The summed E-state index contributed by atoms with van der Waals surface area (Å²) in [6.45, 7) is 2.27. The molecule has 38 heavy (non-hydrogen) atoms. The van der Waals surface area contributed by atoms with E-state index in [9.17, 15) is 18.4 Å². The lowest BCUT2D eigenvalue weighted by atomic mass is 9.90. The Labute approximate surface area is 217 Å². The van der Waals surface area contributed by atoms with Gasteiger partial charge in [-0.05, 0) is 37.5 Å². The average molecular weight is 527 g/mol. The van der Waals surface area contributed by atoms with E-state index >= 15 is 0 Å². The molecule has 0 spiro atoms. The maximum Gasteiger partial charge on any atom is 0.273 e. The first-order valence-electron chi connectivity index (χ1n) is 12.4. The Morgan fingerprint density at radius 3 is 2.71 bits per heavy atom. The molecule has 0 radical (unpaired) electrons. The Morgan fingerprint density at radius 1 is 1.21 bits per heavy atom. The van der Waals surface area contributed by atoms with Crippen LogP contribution in [0.25, 0.3) is 11.3 Å². The number of piperidine rings is 1. The van der Waals surface area contributed by atoms with E-state index in [0.717, 1.165) is 25.0 Å². The van der Waals surface area contributed by atoms with Crippen LogP contribution in [-0.4, -0.2) is 71.2 Å². The topological polar surface area (TPSA) is 122 Å². The van der Waals surface area contributed by atoms with E-state index in [1.54, 1.807) is 25.6 Å². The Morgan fingerprint density at radius 2 is 2.00 bits per heavy atom. The van der Waals surface area contributed by atoms with Crippen LogP contribution in [0.15, 0.2) is 47.2 Å². The summed E-state index contributed by atoms with van der Waals surface area (Å²) in [7, 11) is 1.62. The molecule has 2 aromatic heterocycles. The normalized spacial score (nSPS) is 20.6.